The number of anilines is 1. The fourth-order valence-corrected chi connectivity index (χ4v) is 4.21. The minimum absolute atomic E-state index is 0.00814. The summed E-state index contributed by atoms with van der Waals surface area (Å²) in [5, 5.41) is 9.75. The van der Waals surface area contributed by atoms with Crippen molar-refractivity contribution in [1.29, 1.82) is 5.26 Å². The highest BCUT2D eigenvalue weighted by Gasteiger charge is 2.39. The van der Waals surface area contributed by atoms with Crippen LogP contribution >= 0.6 is 11.3 Å². The van der Waals surface area contributed by atoms with Crippen molar-refractivity contribution in [2.24, 2.45) is 0 Å². The van der Waals surface area contributed by atoms with E-state index in [2.05, 4.69) is 16.1 Å². The highest BCUT2D eigenvalue weighted by atomic mass is 32.1. The van der Waals surface area contributed by atoms with Gasteiger partial charge in [-0.1, -0.05) is 23.5 Å². The second-order valence-electron chi connectivity index (χ2n) is 6.10. The van der Waals surface area contributed by atoms with Crippen molar-refractivity contribution in [3.05, 3.63) is 36.3 Å². The van der Waals surface area contributed by atoms with Crippen LogP contribution in [-0.4, -0.2) is 59.5 Å². The van der Waals surface area contributed by atoms with Crippen LogP contribution in [0.1, 0.15) is 0 Å². The normalized spacial score (nSPS) is 21.1. The Morgan fingerprint density at radius 1 is 1.20 bits per heavy atom. The van der Waals surface area contributed by atoms with Crippen LogP contribution in [0.5, 0.6) is 0 Å². The summed E-state index contributed by atoms with van der Waals surface area (Å²) < 4.78 is 13.1. The summed E-state index contributed by atoms with van der Waals surface area (Å²) in [7, 11) is 0. The van der Waals surface area contributed by atoms with Crippen LogP contribution in [-0.2, 0) is 4.79 Å². The molecule has 25 heavy (non-hydrogen) atoms. The fraction of sp³-hybridized carbons (Fsp3) is 0.353. The zero-order valence-corrected chi connectivity index (χ0v) is 14.2. The monoisotopic (exact) mass is 357 g/mol. The first-order valence-corrected chi connectivity index (χ1v) is 8.89. The minimum atomic E-state index is -0.291. The van der Waals surface area contributed by atoms with E-state index in [1.807, 2.05) is 0 Å². The molecule has 2 saturated heterocycles. The maximum Gasteiger partial charge on any atom is 0.248 e. The van der Waals surface area contributed by atoms with Crippen molar-refractivity contribution < 1.29 is 9.18 Å². The molecule has 4 rings (SSSR count). The second-order valence-corrected chi connectivity index (χ2v) is 7.11. The van der Waals surface area contributed by atoms with Crippen LogP contribution in [0, 0.1) is 17.3 Å². The van der Waals surface area contributed by atoms with Crippen LogP contribution in [0.25, 0.3) is 10.4 Å². The Balaban J connectivity index is 1.55. The van der Waals surface area contributed by atoms with Crippen molar-refractivity contribution in [3.63, 3.8) is 0 Å². The van der Waals surface area contributed by atoms with Gasteiger partial charge in [-0.3, -0.25) is 14.6 Å². The van der Waals surface area contributed by atoms with Crippen LogP contribution in [0.3, 0.4) is 0 Å². The second kappa shape index (κ2) is 6.43. The molecule has 0 saturated carbocycles. The molecule has 1 amide bonds. The number of benzene rings is 1. The maximum absolute atomic E-state index is 13.1. The summed E-state index contributed by atoms with van der Waals surface area (Å²) in [5.41, 5.74) is 0.879. The van der Waals surface area contributed by atoms with Gasteiger partial charge in [-0.05, 0) is 17.7 Å². The molecule has 8 heteroatoms. The van der Waals surface area contributed by atoms with Gasteiger partial charge in [-0.25, -0.2) is 9.37 Å². The summed E-state index contributed by atoms with van der Waals surface area (Å²) in [6.07, 6.45) is 3.85. The number of halogens is 1. The molecule has 0 aliphatic carbocycles. The first kappa shape index (κ1) is 16.0. The van der Waals surface area contributed by atoms with Gasteiger partial charge in [-0.2, -0.15) is 5.26 Å². The molecular formula is C17H16FN5OS. The van der Waals surface area contributed by atoms with E-state index < -0.39 is 0 Å². The van der Waals surface area contributed by atoms with Gasteiger partial charge in [0.25, 0.3) is 0 Å². The van der Waals surface area contributed by atoms with Crippen molar-refractivity contribution in [2.45, 2.75) is 6.04 Å². The van der Waals surface area contributed by atoms with Crippen LogP contribution < -0.4 is 4.90 Å². The number of amides is 1. The molecule has 0 N–H and O–H groups in total. The largest absolute Gasteiger partial charge is 0.307 e. The lowest BCUT2D eigenvalue weighted by molar-refractivity contribution is -0.127. The summed E-state index contributed by atoms with van der Waals surface area (Å²) in [6.45, 7) is 3.21. The van der Waals surface area contributed by atoms with E-state index in [9.17, 15) is 9.18 Å². The van der Waals surface area contributed by atoms with E-state index in [0.717, 1.165) is 23.5 Å². The molecule has 1 aromatic carbocycles. The molecule has 0 unspecified atom stereocenters. The molecular weight excluding hydrogens is 341 g/mol. The van der Waals surface area contributed by atoms with Crippen LogP contribution in [0.15, 0.2) is 30.5 Å². The average Bonchev–Trinajstić information content (AvgIpc) is 3.12. The Morgan fingerprint density at radius 3 is 2.72 bits per heavy atom. The number of rotatable bonds is 2. The van der Waals surface area contributed by atoms with E-state index in [4.69, 9.17) is 5.26 Å². The minimum Gasteiger partial charge on any atom is -0.307 e. The molecule has 128 valence electrons. The van der Waals surface area contributed by atoms with Gasteiger partial charge >= 0.3 is 0 Å². The third-order valence-corrected chi connectivity index (χ3v) is 5.72. The molecule has 2 aliphatic rings. The zero-order valence-electron chi connectivity index (χ0n) is 13.4. The van der Waals surface area contributed by atoms with Crippen molar-refractivity contribution in [3.8, 4) is 16.6 Å². The number of fused-ring (bicyclic) bond motifs is 1. The Hall–Kier alpha value is -2.50. The molecule has 0 spiro atoms. The Bertz CT molecular complexity index is 830. The van der Waals surface area contributed by atoms with Crippen molar-refractivity contribution >= 4 is 22.4 Å². The van der Waals surface area contributed by atoms with E-state index >= 15 is 0 Å². The van der Waals surface area contributed by atoms with Gasteiger partial charge in [0, 0.05) is 32.4 Å². The Labute approximate surface area is 148 Å². The predicted octanol–water partition coefficient (Wildman–Crippen LogP) is 1.76. The number of thiazole rings is 1. The molecule has 1 atom stereocenters. The van der Waals surface area contributed by atoms with Crippen molar-refractivity contribution in [2.75, 3.05) is 37.6 Å². The highest BCUT2D eigenvalue weighted by molar-refractivity contribution is 7.19. The fourth-order valence-electron chi connectivity index (χ4n) is 3.26. The molecule has 0 bridgehead atoms. The molecule has 6 nitrogen and oxygen atoms in total. The highest BCUT2D eigenvalue weighted by Crippen LogP contribution is 2.33. The van der Waals surface area contributed by atoms with Gasteiger partial charge in [0.2, 0.25) is 5.91 Å². The number of hydrogen-bond acceptors (Lipinski definition) is 6. The number of aromatic nitrogens is 1. The van der Waals surface area contributed by atoms with Gasteiger partial charge in [0.05, 0.1) is 11.4 Å². The average molecular weight is 357 g/mol. The quantitative estimate of drug-likeness (QED) is 0.767. The topological polar surface area (TPSA) is 63.5 Å². The van der Waals surface area contributed by atoms with Crippen molar-refractivity contribution in [1.82, 2.24) is 14.8 Å². The SMILES string of the molecule is N#CN1CCN2CCN(c3ncc(-c4ccc(F)cc4)s3)C(=O)[C@H]2C1. The predicted molar refractivity (Wildman–Crippen MR) is 92.4 cm³/mol. The Morgan fingerprint density at radius 2 is 1.96 bits per heavy atom. The number of carbonyl (C=O) groups is 1. The molecule has 3 heterocycles. The molecule has 2 fully saturated rings. The van der Waals surface area contributed by atoms with E-state index in [1.54, 1.807) is 28.1 Å². The number of nitriles is 1. The lowest BCUT2D eigenvalue weighted by Gasteiger charge is -2.44. The number of piperazine rings is 2. The lowest BCUT2D eigenvalue weighted by Crippen LogP contribution is -2.64. The summed E-state index contributed by atoms with van der Waals surface area (Å²) in [6, 6.07) is 5.95. The number of carbonyl (C=O) groups excluding carboxylic acids is 1. The first-order valence-electron chi connectivity index (χ1n) is 8.07. The number of nitrogens with zero attached hydrogens (tertiary/aromatic N) is 5. The van der Waals surface area contributed by atoms with E-state index in [0.29, 0.717) is 24.8 Å². The summed E-state index contributed by atoms with van der Waals surface area (Å²) >= 11 is 1.42. The standard InChI is InChI=1S/C17H16FN5OS/c18-13-3-1-12(2-4-13)15-9-20-17(25-15)23-8-7-22-6-5-21(11-19)10-14(22)16(23)24/h1-4,9,14H,5-8,10H2/t14-/m1/s1. The van der Waals surface area contributed by atoms with E-state index in [1.165, 1.54) is 23.5 Å². The zero-order chi connectivity index (χ0) is 17.4. The third kappa shape index (κ3) is 2.97. The molecule has 2 aliphatic heterocycles. The van der Waals surface area contributed by atoms with Gasteiger partial charge in [0.1, 0.15) is 11.9 Å². The van der Waals surface area contributed by atoms with Gasteiger partial charge < -0.3 is 4.90 Å². The summed E-state index contributed by atoms with van der Waals surface area (Å²) in [5.74, 6) is -0.287. The van der Waals surface area contributed by atoms with Gasteiger partial charge in [0.15, 0.2) is 11.3 Å². The molecule has 0 radical (unpaired) electrons. The van der Waals surface area contributed by atoms with Crippen LogP contribution in [0.2, 0.25) is 0 Å². The molecule has 2 aromatic rings. The number of hydrogen-bond donors (Lipinski definition) is 0. The molecule has 1 aromatic heterocycles. The summed E-state index contributed by atoms with van der Waals surface area (Å²) in [4.78, 5) is 23.7. The Kier molecular flexibility index (Phi) is 4.11. The van der Waals surface area contributed by atoms with Gasteiger partial charge in [-0.15, -0.1) is 0 Å². The maximum atomic E-state index is 13.1. The smallest absolute Gasteiger partial charge is 0.248 e. The lowest BCUT2D eigenvalue weighted by atomic mass is 10.1. The van der Waals surface area contributed by atoms with E-state index in [-0.39, 0.29) is 17.8 Å². The first-order chi connectivity index (χ1) is 12.2. The van der Waals surface area contributed by atoms with Crippen LogP contribution in [0.4, 0.5) is 9.52 Å². The third-order valence-electron chi connectivity index (χ3n) is 4.65.